The van der Waals surface area contributed by atoms with E-state index < -0.39 is 0 Å². The Morgan fingerprint density at radius 3 is 2.52 bits per heavy atom. The van der Waals surface area contributed by atoms with Gasteiger partial charge in [-0.1, -0.05) is 38.3 Å². The van der Waals surface area contributed by atoms with Crippen molar-refractivity contribution in [2.75, 3.05) is 13.6 Å². The molecule has 0 saturated carbocycles. The smallest absolute Gasteiger partial charge is 0.251 e. The zero-order valence-electron chi connectivity index (χ0n) is 16.4. The lowest BCUT2D eigenvalue weighted by Crippen LogP contribution is -2.40. The fourth-order valence-electron chi connectivity index (χ4n) is 2.40. The average molecular weight is 347 g/mol. The van der Waals surface area contributed by atoms with Gasteiger partial charge < -0.3 is 16.0 Å². The molecule has 0 aliphatic heterocycles. The fourth-order valence-corrected chi connectivity index (χ4v) is 2.40. The van der Waals surface area contributed by atoms with Gasteiger partial charge in [-0.2, -0.15) is 0 Å². The van der Waals surface area contributed by atoms with Gasteiger partial charge in [0.15, 0.2) is 5.96 Å². The standard InChI is InChI=1S/C20H34N4O/c1-6-7-8-9-13-22-19(21-5)23-15-16-11-10-12-17(14-16)18(25)24-20(2,3)4/h10-12,14H,6-9,13,15H2,1-5H3,(H,24,25)(H2,21,22,23). The molecule has 0 spiro atoms. The van der Waals surface area contributed by atoms with E-state index in [1.54, 1.807) is 7.05 Å². The van der Waals surface area contributed by atoms with Crippen LogP contribution in [-0.2, 0) is 6.54 Å². The third-order valence-corrected chi connectivity index (χ3v) is 3.68. The van der Waals surface area contributed by atoms with Crippen molar-refractivity contribution < 1.29 is 4.79 Å². The van der Waals surface area contributed by atoms with Gasteiger partial charge in [-0.3, -0.25) is 9.79 Å². The molecular formula is C20H34N4O. The monoisotopic (exact) mass is 346 g/mol. The zero-order valence-corrected chi connectivity index (χ0v) is 16.4. The first-order chi connectivity index (χ1) is 11.9. The number of nitrogens with zero attached hydrogens (tertiary/aromatic N) is 1. The normalized spacial score (nSPS) is 12.0. The van der Waals surface area contributed by atoms with E-state index in [2.05, 4.69) is 27.9 Å². The molecule has 1 rings (SSSR count). The van der Waals surface area contributed by atoms with Gasteiger partial charge in [-0.25, -0.2) is 0 Å². The van der Waals surface area contributed by atoms with Crippen LogP contribution in [0.15, 0.2) is 29.3 Å². The van der Waals surface area contributed by atoms with E-state index in [9.17, 15) is 4.79 Å². The summed E-state index contributed by atoms with van der Waals surface area (Å²) < 4.78 is 0. The van der Waals surface area contributed by atoms with Crippen LogP contribution in [0.1, 0.15) is 69.3 Å². The van der Waals surface area contributed by atoms with Crippen LogP contribution in [0.2, 0.25) is 0 Å². The average Bonchev–Trinajstić information content (AvgIpc) is 2.56. The summed E-state index contributed by atoms with van der Waals surface area (Å²) in [6, 6.07) is 7.68. The number of rotatable bonds is 8. The van der Waals surface area contributed by atoms with Gasteiger partial charge in [0.25, 0.3) is 5.91 Å². The van der Waals surface area contributed by atoms with Crippen LogP contribution in [-0.4, -0.2) is 31.0 Å². The predicted molar refractivity (Wildman–Crippen MR) is 106 cm³/mol. The number of unbranched alkanes of at least 4 members (excludes halogenated alkanes) is 3. The second-order valence-corrected chi connectivity index (χ2v) is 7.32. The second kappa shape index (κ2) is 10.7. The molecule has 0 atom stereocenters. The molecule has 25 heavy (non-hydrogen) atoms. The predicted octanol–water partition coefficient (Wildman–Crippen LogP) is 3.46. The molecule has 0 radical (unpaired) electrons. The molecule has 0 aliphatic rings. The SMILES string of the molecule is CCCCCCNC(=NC)NCc1cccc(C(=O)NC(C)(C)C)c1. The number of amides is 1. The number of nitrogens with one attached hydrogen (secondary N) is 3. The Morgan fingerprint density at radius 2 is 1.88 bits per heavy atom. The van der Waals surface area contributed by atoms with Crippen molar-refractivity contribution in [3.8, 4) is 0 Å². The van der Waals surface area contributed by atoms with Crippen LogP contribution >= 0.6 is 0 Å². The zero-order chi connectivity index (χ0) is 18.7. The number of benzene rings is 1. The highest BCUT2D eigenvalue weighted by molar-refractivity contribution is 5.94. The minimum absolute atomic E-state index is 0.0484. The Kier molecular flexibility index (Phi) is 9.03. The van der Waals surface area contributed by atoms with Crippen molar-refractivity contribution in [2.45, 2.75) is 65.5 Å². The molecule has 0 fully saturated rings. The minimum Gasteiger partial charge on any atom is -0.356 e. The van der Waals surface area contributed by atoms with Gasteiger partial charge in [-0.05, 0) is 44.9 Å². The molecule has 1 aromatic carbocycles. The summed E-state index contributed by atoms with van der Waals surface area (Å²) in [6.07, 6.45) is 4.91. The summed E-state index contributed by atoms with van der Waals surface area (Å²) in [5.41, 5.74) is 1.49. The molecule has 1 amide bonds. The molecule has 1 aromatic rings. The van der Waals surface area contributed by atoms with Gasteiger partial charge in [0.1, 0.15) is 0 Å². The molecule has 0 heterocycles. The summed E-state index contributed by atoms with van der Waals surface area (Å²) in [5, 5.41) is 9.61. The minimum atomic E-state index is -0.241. The summed E-state index contributed by atoms with van der Waals surface area (Å²) in [7, 11) is 1.77. The number of hydrogen-bond donors (Lipinski definition) is 3. The molecule has 0 aliphatic carbocycles. The van der Waals surface area contributed by atoms with Crippen LogP contribution in [0.4, 0.5) is 0 Å². The molecule has 0 aromatic heterocycles. The summed E-state index contributed by atoms with van der Waals surface area (Å²) in [5.74, 6) is 0.744. The van der Waals surface area contributed by atoms with Gasteiger partial charge >= 0.3 is 0 Å². The largest absolute Gasteiger partial charge is 0.356 e. The first-order valence-electron chi connectivity index (χ1n) is 9.21. The number of hydrogen-bond acceptors (Lipinski definition) is 2. The van der Waals surface area contributed by atoms with Crippen molar-refractivity contribution in [1.82, 2.24) is 16.0 Å². The highest BCUT2D eigenvalue weighted by Gasteiger charge is 2.15. The molecule has 0 bridgehead atoms. The molecule has 140 valence electrons. The van der Waals surface area contributed by atoms with Gasteiger partial charge in [-0.15, -0.1) is 0 Å². The first-order valence-corrected chi connectivity index (χ1v) is 9.21. The maximum absolute atomic E-state index is 12.3. The van der Waals surface area contributed by atoms with E-state index in [-0.39, 0.29) is 11.4 Å². The number of carbonyl (C=O) groups is 1. The van der Waals surface area contributed by atoms with Crippen molar-refractivity contribution in [2.24, 2.45) is 4.99 Å². The van der Waals surface area contributed by atoms with Crippen molar-refractivity contribution in [3.05, 3.63) is 35.4 Å². The maximum atomic E-state index is 12.3. The highest BCUT2D eigenvalue weighted by Crippen LogP contribution is 2.08. The lowest BCUT2D eigenvalue weighted by Gasteiger charge is -2.20. The van der Waals surface area contributed by atoms with Crippen molar-refractivity contribution in [3.63, 3.8) is 0 Å². The van der Waals surface area contributed by atoms with Gasteiger partial charge in [0.2, 0.25) is 0 Å². The van der Waals surface area contributed by atoms with Crippen LogP contribution in [0.25, 0.3) is 0 Å². The van der Waals surface area contributed by atoms with Crippen LogP contribution in [0.5, 0.6) is 0 Å². The summed E-state index contributed by atoms with van der Waals surface area (Å²) in [6.45, 7) is 9.70. The van der Waals surface area contributed by atoms with E-state index in [0.717, 1.165) is 24.5 Å². The first kappa shape index (κ1) is 21.0. The lowest BCUT2D eigenvalue weighted by molar-refractivity contribution is 0.0919. The molecule has 0 unspecified atom stereocenters. The third-order valence-electron chi connectivity index (χ3n) is 3.68. The molecular weight excluding hydrogens is 312 g/mol. The number of guanidine groups is 1. The summed E-state index contributed by atoms with van der Waals surface area (Å²) >= 11 is 0. The number of aliphatic imine (C=N–C) groups is 1. The topological polar surface area (TPSA) is 65.5 Å². The van der Waals surface area contributed by atoms with E-state index in [1.165, 1.54) is 19.3 Å². The maximum Gasteiger partial charge on any atom is 0.251 e. The fraction of sp³-hybridized carbons (Fsp3) is 0.600. The van der Waals surface area contributed by atoms with E-state index in [1.807, 2.05) is 45.0 Å². The van der Waals surface area contributed by atoms with Crippen LogP contribution < -0.4 is 16.0 Å². The summed E-state index contributed by atoms with van der Waals surface area (Å²) in [4.78, 5) is 16.5. The molecule has 3 N–H and O–H groups in total. The Balaban J connectivity index is 2.51. The molecule has 0 saturated heterocycles. The number of carbonyl (C=O) groups excluding carboxylic acids is 1. The van der Waals surface area contributed by atoms with E-state index >= 15 is 0 Å². The Bertz CT molecular complexity index is 561. The van der Waals surface area contributed by atoms with Crippen molar-refractivity contribution >= 4 is 11.9 Å². The van der Waals surface area contributed by atoms with Gasteiger partial charge in [0, 0.05) is 31.2 Å². The lowest BCUT2D eigenvalue weighted by atomic mass is 10.1. The Hall–Kier alpha value is -2.04. The Morgan fingerprint density at radius 1 is 1.12 bits per heavy atom. The quantitative estimate of drug-likeness (QED) is 0.384. The highest BCUT2D eigenvalue weighted by atomic mass is 16.1. The van der Waals surface area contributed by atoms with E-state index in [4.69, 9.17) is 0 Å². The molecule has 5 nitrogen and oxygen atoms in total. The second-order valence-electron chi connectivity index (χ2n) is 7.32. The third kappa shape index (κ3) is 9.13. The van der Waals surface area contributed by atoms with Crippen LogP contribution in [0, 0.1) is 0 Å². The van der Waals surface area contributed by atoms with Crippen molar-refractivity contribution in [1.29, 1.82) is 0 Å². The van der Waals surface area contributed by atoms with E-state index in [0.29, 0.717) is 12.1 Å². The van der Waals surface area contributed by atoms with Gasteiger partial charge in [0.05, 0.1) is 0 Å². The van der Waals surface area contributed by atoms with Crippen LogP contribution in [0.3, 0.4) is 0 Å². The Labute approximate surface area is 152 Å². The molecule has 5 heteroatoms.